The molecule has 2 N–H and O–H groups in total. The van der Waals surface area contributed by atoms with Gasteiger partial charge in [-0.3, -0.25) is 9.59 Å². The summed E-state index contributed by atoms with van der Waals surface area (Å²) in [7, 11) is 0. The maximum atomic E-state index is 11.9. The first-order valence-electron chi connectivity index (χ1n) is 7.17. The lowest BCUT2D eigenvalue weighted by atomic mass is 10.1. The fourth-order valence-electron chi connectivity index (χ4n) is 2.03. The van der Waals surface area contributed by atoms with Crippen molar-refractivity contribution in [2.24, 2.45) is 0 Å². The highest BCUT2D eigenvalue weighted by Gasteiger charge is 2.08. The predicted octanol–water partition coefficient (Wildman–Crippen LogP) is 2.42. The highest BCUT2D eigenvalue weighted by atomic mass is 16.2. The van der Waals surface area contributed by atoms with E-state index in [4.69, 9.17) is 0 Å². The van der Waals surface area contributed by atoms with Crippen LogP contribution in [0.3, 0.4) is 0 Å². The first kappa shape index (κ1) is 16.2. The maximum Gasteiger partial charge on any atom is 0.251 e. The third-order valence-electron chi connectivity index (χ3n) is 3.05. The SMILES string of the molecule is CCC[C@@H](C)NC(=O)CCNC(=O)c1cccc(C)c1. The predicted molar refractivity (Wildman–Crippen MR) is 80.6 cm³/mol. The quantitative estimate of drug-likeness (QED) is 0.803. The van der Waals surface area contributed by atoms with E-state index in [-0.39, 0.29) is 17.9 Å². The van der Waals surface area contributed by atoms with Crippen LogP contribution in [0, 0.1) is 6.92 Å². The lowest BCUT2D eigenvalue weighted by molar-refractivity contribution is -0.121. The molecule has 1 atom stereocenters. The van der Waals surface area contributed by atoms with Crippen molar-refractivity contribution in [2.45, 2.75) is 46.1 Å². The molecule has 0 aliphatic heterocycles. The summed E-state index contributed by atoms with van der Waals surface area (Å²) in [5, 5.41) is 5.68. The van der Waals surface area contributed by atoms with Gasteiger partial charge in [0.25, 0.3) is 5.91 Å². The van der Waals surface area contributed by atoms with E-state index in [1.807, 2.05) is 32.0 Å². The van der Waals surface area contributed by atoms with Gasteiger partial charge in [0.05, 0.1) is 0 Å². The first-order valence-corrected chi connectivity index (χ1v) is 7.17. The van der Waals surface area contributed by atoms with Gasteiger partial charge < -0.3 is 10.6 Å². The van der Waals surface area contributed by atoms with Gasteiger partial charge in [0.15, 0.2) is 0 Å². The molecule has 0 aromatic heterocycles. The van der Waals surface area contributed by atoms with Crippen molar-refractivity contribution in [3.8, 4) is 0 Å². The zero-order valence-corrected chi connectivity index (χ0v) is 12.5. The second-order valence-corrected chi connectivity index (χ2v) is 5.13. The van der Waals surface area contributed by atoms with Gasteiger partial charge in [0.1, 0.15) is 0 Å². The number of hydrogen-bond acceptors (Lipinski definition) is 2. The molecule has 0 saturated carbocycles. The molecule has 20 heavy (non-hydrogen) atoms. The molecule has 4 heteroatoms. The van der Waals surface area contributed by atoms with Crippen molar-refractivity contribution in [3.63, 3.8) is 0 Å². The Balaban J connectivity index is 2.30. The number of carbonyl (C=O) groups is 2. The van der Waals surface area contributed by atoms with E-state index in [0.717, 1.165) is 18.4 Å². The Hall–Kier alpha value is -1.84. The Kier molecular flexibility index (Phi) is 6.77. The van der Waals surface area contributed by atoms with Crippen LogP contribution in [0.4, 0.5) is 0 Å². The third kappa shape index (κ3) is 5.87. The van der Waals surface area contributed by atoms with Gasteiger partial charge in [-0.15, -0.1) is 0 Å². The van der Waals surface area contributed by atoms with E-state index in [0.29, 0.717) is 18.5 Å². The van der Waals surface area contributed by atoms with Crippen LogP contribution in [0.5, 0.6) is 0 Å². The van der Waals surface area contributed by atoms with Gasteiger partial charge >= 0.3 is 0 Å². The summed E-state index contributed by atoms with van der Waals surface area (Å²) in [6.45, 7) is 6.38. The average molecular weight is 276 g/mol. The molecule has 1 aromatic rings. The number of carbonyl (C=O) groups excluding carboxylic acids is 2. The zero-order chi connectivity index (χ0) is 15.0. The molecule has 0 unspecified atom stereocenters. The fourth-order valence-corrected chi connectivity index (χ4v) is 2.03. The van der Waals surface area contributed by atoms with Crippen LogP contribution in [0.25, 0.3) is 0 Å². The van der Waals surface area contributed by atoms with Crippen LogP contribution in [0.2, 0.25) is 0 Å². The highest BCUT2D eigenvalue weighted by Crippen LogP contribution is 2.03. The van der Waals surface area contributed by atoms with E-state index >= 15 is 0 Å². The average Bonchev–Trinajstić information content (AvgIpc) is 2.38. The Labute approximate surface area is 121 Å². The first-order chi connectivity index (χ1) is 9.52. The van der Waals surface area contributed by atoms with E-state index in [1.54, 1.807) is 6.07 Å². The second kappa shape index (κ2) is 8.35. The second-order valence-electron chi connectivity index (χ2n) is 5.13. The zero-order valence-electron chi connectivity index (χ0n) is 12.5. The summed E-state index contributed by atoms with van der Waals surface area (Å²) in [5.74, 6) is -0.154. The molecule has 0 saturated heterocycles. The molecule has 0 aliphatic rings. The summed E-state index contributed by atoms with van der Waals surface area (Å²) in [4.78, 5) is 23.5. The van der Waals surface area contributed by atoms with E-state index in [9.17, 15) is 9.59 Å². The van der Waals surface area contributed by atoms with Gasteiger partial charge in [-0.2, -0.15) is 0 Å². The third-order valence-corrected chi connectivity index (χ3v) is 3.05. The van der Waals surface area contributed by atoms with Gasteiger partial charge in [-0.25, -0.2) is 0 Å². The fraction of sp³-hybridized carbons (Fsp3) is 0.500. The van der Waals surface area contributed by atoms with Crippen molar-refractivity contribution in [2.75, 3.05) is 6.54 Å². The number of amides is 2. The summed E-state index contributed by atoms with van der Waals surface area (Å²) in [5.41, 5.74) is 1.67. The Morgan fingerprint density at radius 3 is 2.70 bits per heavy atom. The molecule has 0 spiro atoms. The molecular formula is C16H24N2O2. The molecular weight excluding hydrogens is 252 g/mol. The molecule has 0 fully saturated rings. The van der Waals surface area contributed by atoms with E-state index in [2.05, 4.69) is 17.6 Å². The minimum atomic E-state index is -0.136. The topological polar surface area (TPSA) is 58.2 Å². The van der Waals surface area contributed by atoms with Crippen molar-refractivity contribution in [1.29, 1.82) is 0 Å². The Morgan fingerprint density at radius 2 is 2.05 bits per heavy atom. The van der Waals surface area contributed by atoms with E-state index < -0.39 is 0 Å². The molecule has 1 rings (SSSR count). The largest absolute Gasteiger partial charge is 0.354 e. The molecule has 0 radical (unpaired) electrons. The van der Waals surface area contributed by atoms with Gasteiger partial charge in [0.2, 0.25) is 5.91 Å². The standard InChI is InChI=1S/C16H24N2O2/c1-4-6-13(3)18-15(19)9-10-17-16(20)14-8-5-7-12(2)11-14/h5,7-8,11,13H,4,6,9-10H2,1-3H3,(H,17,20)(H,18,19)/t13-/m1/s1. The van der Waals surface area contributed by atoms with Gasteiger partial charge in [-0.05, 0) is 32.4 Å². The van der Waals surface area contributed by atoms with Crippen LogP contribution in [0.15, 0.2) is 24.3 Å². The lowest BCUT2D eigenvalue weighted by Gasteiger charge is -2.12. The Morgan fingerprint density at radius 1 is 1.30 bits per heavy atom. The van der Waals surface area contributed by atoms with Gasteiger partial charge in [0, 0.05) is 24.6 Å². The van der Waals surface area contributed by atoms with Crippen LogP contribution in [0.1, 0.15) is 49.0 Å². The normalized spacial score (nSPS) is 11.8. The number of rotatable bonds is 7. The molecule has 1 aromatic carbocycles. The maximum absolute atomic E-state index is 11.9. The van der Waals surface area contributed by atoms with Crippen molar-refractivity contribution < 1.29 is 9.59 Å². The highest BCUT2D eigenvalue weighted by molar-refractivity contribution is 5.94. The van der Waals surface area contributed by atoms with Crippen LogP contribution >= 0.6 is 0 Å². The van der Waals surface area contributed by atoms with Crippen molar-refractivity contribution >= 4 is 11.8 Å². The smallest absolute Gasteiger partial charge is 0.251 e. The summed E-state index contributed by atoms with van der Waals surface area (Å²) < 4.78 is 0. The van der Waals surface area contributed by atoms with E-state index in [1.165, 1.54) is 0 Å². The monoisotopic (exact) mass is 276 g/mol. The molecule has 0 aliphatic carbocycles. The number of benzene rings is 1. The van der Waals surface area contributed by atoms with Gasteiger partial charge in [-0.1, -0.05) is 31.0 Å². The Bertz CT molecular complexity index is 458. The molecule has 0 heterocycles. The number of hydrogen-bond donors (Lipinski definition) is 2. The minimum Gasteiger partial charge on any atom is -0.354 e. The lowest BCUT2D eigenvalue weighted by Crippen LogP contribution is -2.35. The van der Waals surface area contributed by atoms with Crippen LogP contribution in [-0.2, 0) is 4.79 Å². The van der Waals surface area contributed by atoms with Crippen molar-refractivity contribution in [1.82, 2.24) is 10.6 Å². The summed E-state index contributed by atoms with van der Waals surface area (Å²) >= 11 is 0. The number of nitrogens with one attached hydrogen (secondary N) is 2. The summed E-state index contributed by atoms with van der Waals surface area (Å²) in [6.07, 6.45) is 2.33. The molecule has 2 amide bonds. The molecule has 110 valence electrons. The summed E-state index contributed by atoms with van der Waals surface area (Å²) in [6, 6.07) is 7.59. The van der Waals surface area contributed by atoms with Crippen LogP contribution in [-0.4, -0.2) is 24.4 Å². The number of aryl methyl sites for hydroxylation is 1. The van der Waals surface area contributed by atoms with Crippen LogP contribution < -0.4 is 10.6 Å². The molecule has 4 nitrogen and oxygen atoms in total. The molecule has 0 bridgehead atoms. The minimum absolute atomic E-state index is 0.0181. The van der Waals surface area contributed by atoms with Crippen molar-refractivity contribution in [3.05, 3.63) is 35.4 Å².